The summed E-state index contributed by atoms with van der Waals surface area (Å²) in [6, 6.07) is 11.0. The zero-order valence-electron chi connectivity index (χ0n) is 19.4. The number of halogens is 2. The third kappa shape index (κ3) is 6.92. The van der Waals surface area contributed by atoms with Crippen LogP contribution >= 0.6 is 23.2 Å². The lowest BCUT2D eigenvalue weighted by molar-refractivity contribution is 0.0360. The van der Waals surface area contributed by atoms with Crippen LogP contribution in [0.15, 0.2) is 58.3 Å². The SMILES string of the molecule is CO[C@@H](CN(C)S(=O)(=O)c1ccc(Cl)cc1)[C@H](C)CN([C@H](C)CO)S(=O)(=O)c1cccc(Cl)c1. The van der Waals surface area contributed by atoms with E-state index >= 15 is 0 Å². The van der Waals surface area contributed by atoms with Gasteiger partial charge in [0.2, 0.25) is 20.0 Å². The predicted molar refractivity (Wildman–Crippen MR) is 133 cm³/mol. The highest BCUT2D eigenvalue weighted by molar-refractivity contribution is 7.89. The van der Waals surface area contributed by atoms with Gasteiger partial charge in [-0.2, -0.15) is 8.61 Å². The molecule has 2 aromatic carbocycles. The molecule has 12 heteroatoms. The Bertz CT molecular complexity index is 1160. The molecule has 0 aliphatic rings. The Kier molecular flexibility index (Phi) is 10.3. The molecule has 1 N–H and O–H groups in total. The van der Waals surface area contributed by atoms with E-state index in [1.807, 2.05) is 0 Å². The van der Waals surface area contributed by atoms with Crippen molar-refractivity contribution in [2.75, 3.05) is 33.9 Å². The molecule has 0 unspecified atom stereocenters. The Balaban J connectivity index is 2.26. The molecule has 2 aromatic rings. The lowest BCUT2D eigenvalue weighted by Gasteiger charge is -2.33. The summed E-state index contributed by atoms with van der Waals surface area (Å²) in [6.07, 6.45) is -0.630. The van der Waals surface area contributed by atoms with Crippen molar-refractivity contribution in [3.8, 4) is 0 Å². The predicted octanol–water partition coefficient (Wildman–Crippen LogP) is 3.34. The lowest BCUT2D eigenvalue weighted by Crippen LogP contribution is -2.47. The molecule has 0 spiro atoms. The number of aliphatic hydroxyl groups excluding tert-OH is 1. The van der Waals surface area contributed by atoms with Crippen LogP contribution in [-0.2, 0) is 24.8 Å². The Hall–Kier alpha value is -1.24. The van der Waals surface area contributed by atoms with Crippen molar-refractivity contribution >= 4 is 43.2 Å². The van der Waals surface area contributed by atoms with Crippen LogP contribution in [-0.4, -0.2) is 76.6 Å². The summed E-state index contributed by atoms with van der Waals surface area (Å²) in [5, 5.41) is 10.4. The average molecular weight is 554 g/mol. The molecule has 0 bridgehead atoms. The topological polar surface area (TPSA) is 104 Å². The van der Waals surface area contributed by atoms with E-state index in [0.29, 0.717) is 5.02 Å². The minimum atomic E-state index is -3.99. The Morgan fingerprint density at radius 2 is 1.53 bits per heavy atom. The maximum absolute atomic E-state index is 13.3. The minimum absolute atomic E-state index is 0.00361. The molecule has 34 heavy (non-hydrogen) atoms. The minimum Gasteiger partial charge on any atom is -0.395 e. The van der Waals surface area contributed by atoms with E-state index in [4.69, 9.17) is 27.9 Å². The number of aliphatic hydroxyl groups is 1. The smallest absolute Gasteiger partial charge is 0.243 e. The van der Waals surface area contributed by atoms with Gasteiger partial charge >= 0.3 is 0 Å². The molecule has 0 aromatic heterocycles. The second kappa shape index (κ2) is 12.1. The monoisotopic (exact) mass is 552 g/mol. The first-order valence-corrected chi connectivity index (χ1v) is 14.1. The van der Waals surface area contributed by atoms with Crippen LogP contribution in [0.2, 0.25) is 10.0 Å². The normalized spacial score (nSPS) is 15.4. The molecule has 0 amide bonds. The number of sulfonamides is 2. The van der Waals surface area contributed by atoms with Crippen molar-refractivity contribution < 1.29 is 26.7 Å². The van der Waals surface area contributed by atoms with Gasteiger partial charge in [-0.3, -0.25) is 0 Å². The molecule has 0 aliphatic carbocycles. The first-order valence-electron chi connectivity index (χ1n) is 10.5. The van der Waals surface area contributed by atoms with Crippen LogP contribution in [0.1, 0.15) is 13.8 Å². The number of rotatable bonds is 12. The van der Waals surface area contributed by atoms with E-state index in [-0.39, 0.29) is 27.9 Å². The first-order chi connectivity index (χ1) is 15.8. The fourth-order valence-corrected chi connectivity index (χ4v) is 6.73. The largest absolute Gasteiger partial charge is 0.395 e. The third-order valence-corrected chi connectivity index (χ3v) is 9.82. The van der Waals surface area contributed by atoms with Crippen molar-refractivity contribution in [3.63, 3.8) is 0 Å². The quantitative estimate of drug-likeness (QED) is 0.433. The van der Waals surface area contributed by atoms with Crippen molar-refractivity contribution in [2.24, 2.45) is 5.92 Å². The Morgan fingerprint density at radius 1 is 0.912 bits per heavy atom. The average Bonchev–Trinajstić information content (AvgIpc) is 2.80. The van der Waals surface area contributed by atoms with Gasteiger partial charge in [0.05, 0.1) is 22.5 Å². The van der Waals surface area contributed by atoms with Gasteiger partial charge in [0.15, 0.2) is 0 Å². The van der Waals surface area contributed by atoms with E-state index in [0.717, 1.165) is 4.31 Å². The summed E-state index contributed by atoms with van der Waals surface area (Å²) in [5.41, 5.74) is 0. The van der Waals surface area contributed by atoms with Crippen LogP contribution in [0, 0.1) is 5.92 Å². The number of hydrogen-bond donors (Lipinski definition) is 1. The van der Waals surface area contributed by atoms with Gasteiger partial charge in [-0.1, -0.05) is 36.2 Å². The number of likely N-dealkylation sites (N-methyl/N-ethyl adjacent to an activating group) is 1. The molecule has 0 radical (unpaired) electrons. The second-order valence-corrected chi connectivity index (χ2v) is 12.9. The summed E-state index contributed by atoms with van der Waals surface area (Å²) in [4.78, 5) is 0.0878. The maximum atomic E-state index is 13.3. The van der Waals surface area contributed by atoms with Gasteiger partial charge in [-0.25, -0.2) is 16.8 Å². The van der Waals surface area contributed by atoms with E-state index in [9.17, 15) is 21.9 Å². The zero-order valence-corrected chi connectivity index (χ0v) is 22.6. The van der Waals surface area contributed by atoms with E-state index in [1.165, 1.54) is 60.9 Å². The van der Waals surface area contributed by atoms with Gasteiger partial charge in [-0.05, 0) is 55.3 Å². The van der Waals surface area contributed by atoms with E-state index < -0.39 is 44.7 Å². The lowest BCUT2D eigenvalue weighted by atomic mass is 10.0. The summed E-state index contributed by atoms with van der Waals surface area (Å²) in [5.74, 6) is -0.421. The highest BCUT2D eigenvalue weighted by atomic mass is 35.5. The highest BCUT2D eigenvalue weighted by Gasteiger charge is 2.34. The summed E-state index contributed by atoms with van der Waals surface area (Å²) in [6.45, 7) is 2.94. The fourth-order valence-electron chi connectivity index (χ4n) is 3.40. The van der Waals surface area contributed by atoms with Crippen LogP contribution in [0.5, 0.6) is 0 Å². The Morgan fingerprint density at radius 3 is 2.06 bits per heavy atom. The zero-order chi connectivity index (χ0) is 25.7. The summed E-state index contributed by atoms with van der Waals surface area (Å²) in [7, 11) is -4.93. The van der Waals surface area contributed by atoms with Gasteiger partial charge in [0, 0.05) is 43.3 Å². The Labute approximate surface area is 212 Å². The molecule has 0 heterocycles. The molecule has 0 aliphatic heterocycles. The fraction of sp³-hybridized carbons (Fsp3) is 0.455. The molecular weight excluding hydrogens is 523 g/mol. The molecule has 0 fully saturated rings. The third-order valence-electron chi connectivity index (χ3n) is 5.52. The van der Waals surface area contributed by atoms with Gasteiger partial charge in [0.25, 0.3) is 0 Å². The van der Waals surface area contributed by atoms with Crippen LogP contribution in [0.3, 0.4) is 0 Å². The van der Waals surface area contributed by atoms with Crippen molar-refractivity contribution in [1.29, 1.82) is 0 Å². The molecular formula is C22H30Cl2N2O6S2. The van der Waals surface area contributed by atoms with Crippen molar-refractivity contribution in [3.05, 3.63) is 58.6 Å². The second-order valence-electron chi connectivity index (χ2n) is 8.05. The van der Waals surface area contributed by atoms with E-state index in [2.05, 4.69) is 0 Å². The van der Waals surface area contributed by atoms with Crippen molar-refractivity contribution in [1.82, 2.24) is 8.61 Å². The molecule has 3 atom stereocenters. The number of hydrogen-bond acceptors (Lipinski definition) is 6. The summed E-state index contributed by atoms with van der Waals surface area (Å²) < 4.78 is 60.4. The molecule has 190 valence electrons. The first kappa shape index (κ1) is 29.0. The number of methoxy groups -OCH3 is 1. The van der Waals surface area contributed by atoms with Crippen molar-refractivity contribution in [2.45, 2.75) is 35.8 Å². The molecule has 2 rings (SSSR count). The number of nitrogens with zero attached hydrogens (tertiary/aromatic N) is 2. The van der Waals surface area contributed by atoms with Gasteiger partial charge in [-0.15, -0.1) is 0 Å². The number of ether oxygens (including phenoxy) is 1. The van der Waals surface area contributed by atoms with Crippen LogP contribution in [0.25, 0.3) is 0 Å². The van der Waals surface area contributed by atoms with Gasteiger partial charge < -0.3 is 9.84 Å². The summed E-state index contributed by atoms with van der Waals surface area (Å²) >= 11 is 11.8. The maximum Gasteiger partial charge on any atom is 0.243 e. The molecule has 0 saturated heterocycles. The molecule has 0 saturated carbocycles. The van der Waals surface area contributed by atoms with Crippen LogP contribution < -0.4 is 0 Å². The van der Waals surface area contributed by atoms with Crippen LogP contribution in [0.4, 0.5) is 0 Å². The van der Waals surface area contributed by atoms with Gasteiger partial charge in [0.1, 0.15) is 0 Å². The standard InChI is InChI=1S/C22H30Cl2N2O6S2/c1-16(13-26(17(2)15-27)34(30,31)21-7-5-6-19(24)12-21)22(32-4)14-25(3)33(28,29)20-10-8-18(23)9-11-20/h5-12,16-17,22,27H,13-15H2,1-4H3/t16-,17-,22+/m1/s1. The van der Waals surface area contributed by atoms with E-state index in [1.54, 1.807) is 19.9 Å². The number of benzene rings is 2. The highest BCUT2D eigenvalue weighted by Crippen LogP contribution is 2.25. The molecule has 8 nitrogen and oxygen atoms in total.